The van der Waals surface area contributed by atoms with Crippen molar-refractivity contribution in [2.75, 3.05) is 13.1 Å². The Morgan fingerprint density at radius 2 is 2.06 bits per heavy atom. The second-order valence-corrected chi connectivity index (χ2v) is 4.87. The van der Waals surface area contributed by atoms with E-state index >= 15 is 0 Å². The van der Waals surface area contributed by atoms with E-state index in [1.807, 2.05) is 18.2 Å². The van der Waals surface area contributed by atoms with E-state index in [2.05, 4.69) is 10.1 Å². The molecule has 0 aliphatic carbocycles. The smallest absolute Gasteiger partial charge is 0.116 e. The number of piperidine rings is 3. The topological polar surface area (TPSA) is 56.1 Å². The monoisotopic (exact) mass is 244 g/mol. The lowest BCUT2D eigenvalue weighted by molar-refractivity contribution is 0.229. The average molecular weight is 244 g/mol. The standard InChI is InChI=1S/C14H16N2O2/c17-12-3-1-2-10(8-12)9-13-14(15-18)11-4-6-16(13)7-5-11/h1-3,8-9,11,17-18H,4-7H2/b13-9+,15-14+. The first kappa shape index (κ1) is 11.1. The van der Waals surface area contributed by atoms with Crippen LogP contribution >= 0.6 is 0 Å². The van der Waals surface area contributed by atoms with Gasteiger partial charge < -0.3 is 15.2 Å². The molecule has 3 heterocycles. The normalized spacial score (nSPS) is 24.1. The maximum atomic E-state index is 9.48. The zero-order valence-corrected chi connectivity index (χ0v) is 10.1. The van der Waals surface area contributed by atoms with Crippen molar-refractivity contribution in [2.45, 2.75) is 12.8 Å². The predicted octanol–water partition coefficient (Wildman–Crippen LogP) is 2.29. The molecule has 18 heavy (non-hydrogen) atoms. The molecule has 0 atom stereocenters. The average Bonchev–Trinajstić information content (AvgIpc) is 2.40. The van der Waals surface area contributed by atoms with Crippen molar-refractivity contribution in [3.8, 4) is 5.75 Å². The Morgan fingerprint density at radius 1 is 1.28 bits per heavy atom. The lowest BCUT2D eigenvalue weighted by Gasteiger charge is -2.42. The van der Waals surface area contributed by atoms with Gasteiger partial charge in [-0.3, -0.25) is 0 Å². The molecule has 1 aromatic carbocycles. The fourth-order valence-corrected chi connectivity index (χ4v) is 2.84. The van der Waals surface area contributed by atoms with Gasteiger partial charge in [-0.25, -0.2) is 0 Å². The molecule has 2 bridgehead atoms. The summed E-state index contributed by atoms with van der Waals surface area (Å²) in [5, 5.41) is 22.1. The van der Waals surface area contributed by atoms with Crippen LogP contribution in [0.4, 0.5) is 0 Å². The molecule has 4 rings (SSSR count). The summed E-state index contributed by atoms with van der Waals surface area (Å²) in [6.07, 6.45) is 4.12. The van der Waals surface area contributed by atoms with Gasteiger partial charge in [0.15, 0.2) is 0 Å². The number of rotatable bonds is 1. The molecule has 0 aromatic heterocycles. The Hall–Kier alpha value is -1.97. The van der Waals surface area contributed by atoms with Crippen LogP contribution in [0.1, 0.15) is 18.4 Å². The van der Waals surface area contributed by atoms with Crippen LogP contribution in [-0.2, 0) is 0 Å². The molecule has 94 valence electrons. The van der Waals surface area contributed by atoms with Gasteiger partial charge in [-0.05, 0) is 36.6 Å². The number of fused-ring (bicyclic) bond motifs is 3. The summed E-state index contributed by atoms with van der Waals surface area (Å²) in [5.41, 5.74) is 2.71. The summed E-state index contributed by atoms with van der Waals surface area (Å²) >= 11 is 0. The summed E-state index contributed by atoms with van der Waals surface area (Å²) in [5.74, 6) is 0.631. The lowest BCUT2D eigenvalue weighted by Crippen LogP contribution is -2.46. The van der Waals surface area contributed by atoms with E-state index in [0.29, 0.717) is 5.92 Å². The Morgan fingerprint density at radius 3 is 2.72 bits per heavy atom. The highest BCUT2D eigenvalue weighted by Crippen LogP contribution is 2.33. The molecule has 3 aliphatic rings. The van der Waals surface area contributed by atoms with Crippen LogP contribution in [0.25, 0.3) is 6.08 Å². The molecule has 3 fully saturated rings. The number of allylic oxidation sites excluding steroid dienone is 1. The summed E-state index contributed by atoms with van der Waals surface area (Å²) in [4.78, 5) is 2.25. The van der Waals surface area contributed by atoms with Crippen molar-refractivity contribution in [2.24, 2.45) is 11.1 Å². The van der Waals surface area contributed by atoms with E-state index in [9.17, 15) is 10.3 Å². The van der Waals surface area contributed by atoms with E-state index in [1.54, 1.807) is 12.1 Å². The highest BCUT2D eigenvalue weighted by molar-refractivity contribution is 6.05. The number of hydrogen-bond acceptors (Lipinski definition) is 4. The quantitative estimate of drug-likeness (QED) is 0.588. The van der Waals surface area contributed by atoms with Crippen molar-refractivity contribution < 1.29 is 10.3 Å². The minimum atomic E-state index is 0.253. The van der Waals surface area contributed by atoms with Crippen molar-refractivity contribution in [1.29, 1.82) is 0 Å². The predicted molar refractivity (Wildman–Crippen MR) is 69.6 cm³/mol. The van der Waals surface area contributed by atoms with Gasteiger partial charge in [-0.2, -0.15) is 0 Å². The molecule has 0 saturated carbocycles. The van der Waals surface area contributed by atoms with Gasteiger partial charge in [0.05, 0.1) is 5.70 Å². The second kappa shape index (κ2) is 4.37. The van der Waals surface area contributed by atoms with Crippen molar-refractivity contribution in [3.05, 3.63) is 35.5 Å². The Labute approximate surface area is 106 Å². The van der Waals surface area contributed by atoms with Crippen LogP contribution in [0.3, 0.4) is 0 Å². The maximum absolute atomic E-state index is 9.48. The van der Waals surface area contributed by atoms with Gasteiger partial charge in [-0.1, -0.05) is 17.3 Å². The third-order valence-electron chi connectivity index (χ3n) is 3.77. The van der Waals surface area contributed by atoms with Gasteiger partial charge in [0.25, 0.3) is 0 Å². The highest BCUT2D eigenvalue weighted by atomic mass is 16.4. The summed E-state index contributed by atoms with van der Waals surface area (Å²) in [6.45, 7) is 2.04. The minimum Gasteiger partial charge on any atom is -0.508 e. The van der Waals surface area contributed by atoms with Gasteiger partial charge in [-0.15, -0.1) is 0 Å². The first-order valence-electron chi connectivity index (χ1n) is 6.26. The molecule has 0 amide bonds. The number of phenols is 1. The zero-order valence-electron chi connectivity index (χ0n) is 10.1. The Balaban J connectivity index is 1.99. The molecule has 0 spiro atoms. The molecular weight excluding hydrogens is 228 g/mol. The fourth-order valence-electron chi connectivity index (χ4n) is 2.84. The van der Waals surface area contributed by atoms with E-state index in [0.717, 1.165) is 42.9 Å². The Kier molecular flexibility index (Phi) is 2.70. The number of nitrogens with zero attached hydrogens (tertiary/aromatic N) is 2. The van der Waals surface area contributed by atoms with Gasteiger partial charge in [0, 0.05) is 19.0 Å². The maximum Gasteiger partial charge on any atom is 0.116 e. The lowest BCUT2D eigenvalue weighted by atomic mass is 9.83. The van der Waals surface area contributed by atoms with Crippen LogP contribution in [0.2, 0.25) is 0 Å². The summed E-state index contributed by atoms with van der Waals surface area (Å²) in [6, 6.07) is 7.11. The molecule has 3 saturated heterocycles. The van der Waals surface area contributed by atoms with E-state index in [-0.39, 0.29) is 5.75 Å². The molecular formula is C14H16N2O2. The first-order chi connectivity index (χ1) is 8.78. The number of benzene rings is 1. The highest BCUT2D eigenvalue weighted by Gasteiger charge is 2.35. The molecule has 2 N–H and O–H groups in total. The van der Waals surface area contributed by atoms with E-state index in [1.165, 1.54) is 0 Å². The molecule has 0 unspecified atom stereocenters. The largest absolute Gasteiger partial charge is 0.508 e. The summed E-state index contributed by atoms with van der Waals surface area (Å²) < 4.78 is 0. The zero-order chi connectivity index (χ0) is 12.5. The van der Waals surface area contributed by atoms with Gasteiger partial charge in [0.1, 0.15) is 11.5 Å². The first-order valence-corrected chi connectivity index (χ1v) is 6.26. The Bertz CT molecular complexity index is 514. The summed E-state index contributed by atoms with van der Waals surface area (Å²) in [7, 11) is 0. The fraction of sp³-hybridized carbons (Fsp3) is 0.357. The van der Waals surface area contributed by atoms with Crippen LogP contribution in [0.15, 0.2) is 35.1 Å². The molecule has 4 nitrogen and oxygen atoms in total. The molecule has 3 aliphatic heterocycles. The minimum absolute atomic E-state index is 0.253. The molecule has 4 heteroatoms. The van der Waals surface area contributed by atoms with Crippen molar-refractivity contribution in [1.82, 2.24) is 4.90 Å². The van der Waals surface area contributed by atoms with Crippen LogP contribution < -0.4 is 0 Å². The number of phenolic OH excluding ortho intramolecular Hbond substituents is 1. The SMILES string of the molecule is O/N=C1/C(=C\c2cccc(O)c2)N2CCC1CC2. The van der Waals surface area contributed by atoms with Crippen LogP contribution in [-0.4, -0.2) is 34.0 Å². The van der Waals surface area contributed by atoms with Gasteiger partial charge in [0.2, 0.25) is 0 Å². The van der Waals surface area contributed by atoms with E-state index < -0.39 is 0 Å². The van der Waals surface area contributed by atoms with Crippen molar-refractivity contribution in [3.63, 3.8) is 0 Å². The third kappa shape index (κ3) is 1.83. The number of oxime groups is 1. The number of hydrogen-bond donors (Lipinski definition) is 2. The van der Waals surface area contributed by atoms with Crippen LogP contribution in [0, 0.1) is 5.92 Å². The van der Waals surface area contributed by atoms with Gasteiger partial charge >= 0.3 is 0 Å². The van der Waals surface area contributed by atoms with Crippen molar-refractivity contribution >= 4 is 11.8 Å². The third-order valence-corrected chi connectivity index (χ3v) is 3.77. The number of aromatic hydroxyl groups is 1. The second-order valence-electron chi connectivity index (χ2n) is 4.87. The van der Waals surface area contributed by atoms with Crippen LogP contribution in [0.5, 0.6) is 5.75 Å². The molecule has 1 aromatic rings. The molecule has 0 radical (unpaired) electrons. The van der Waals surface area contributed by atoms with E-state index in [4.69, 9.17) is 0 Å².